The average Bonchev–Trinajstić information content (AvgIpc) is 3.72. The van der Waals surface area contributed by atoms with Crippen LogP contribution in [-0.4, -0.2) is 78.5 Å². The molecule has 0 heterocycles. The summed E-state index contributed by atoms with van der Waals surface area (Å²) in [6.45, 7) is 3.51. The number of hydrogen-bond acceptors (Lipinski definition) is 14. The fourth-order valence-electron chi connectivity index (χ4n) is 8.22. The number of carbonyl (C=O) groups is 3. The minimum atomic E-state index is -4.21. The summed E-state index contributed by atoms with van der Waals surface area (Å²) < 4.78 is 109. The molecule has 0 atom stereocenters. The number of ether oxygens (including phenoxy) is 5. The number of carbonyl (C=O) groups excluding carboxylic acids is 3. The summed E-state index contributed by atoms with van der Waals surface area (Å²) in [7, 11) is -5.05. The molecule has 0 aliphatic carbocycles. The standard InChI is InChI=1S/C22H21NO5S.C21H19NO5S.C21H19NO4S/c1-16-9-14-20(15-21(16)28-3)29(25,26)23(18-10-12-19(27-2)13-11-18)22(24)17-7-5-4-6-8-17;1-26-18-13-11-17(12-14-18)22(21(23)16-7-4-3-5-8-16)28(24,25)20-10-6-9-19(15-20)27-2;1-16-8-6-7-11-20(16)27(24,25)22(18-12-14-19(26-2)15-13-18)21(23)17-9-4-3-5-10-17/h4-15H,1-3H3;3-15H,1-2H3;3-15H,1-2H3. The molecule has 0 spiro atoms. The lowest BCUT2D eigenvalue weighted by atomic mass is 10.2. The zero-order chi connectivity index (χ0) is 60.6. The third-order valence-corrected chi connectivity index (χ3v) is 17.9. The molecule has 84 heavy (non-hydrogen) atoms. The van der Waals surface area contributed by atoms with Crippen LogP contribution in [0.25, 0.3) is 0 Å². The van der Waals surface area contributed by atoms with Crippen LogP contribution in [0.3, 0.4) is 0 Å². The Labute approximate surface area is 489 Å². The van der Waals surface area contributed by atoms with Gasteiger partial charge in [0.2, 0.25) is 0 Å². The Balaban J connectivity index is 0.000000181. The summed E-state index contributed by atoms with van der Waals surface area (Å²) in [6, 6.07) is 60.8. The van der Waals surface area contributed by atoms with E-state index in [0.29, 0.717) is 34.3 Å². The van der Waals surface area contributed by atoms with Gasteiger partial charge in [-0.25, -0.2) is 25.3 Å². The predicted octanol–water partition coefficient (Wildman–Crippen LogP) is 11.8. The molecule has 0 radical (unpaired) electrons. The second-order valence-electron chi connectivity index (χ2n) is 18.0. The van der Waals surface area contributed by atoms with Crippen molar-refractivity contribution in [3.8, 4) is 28.7 Å². The number of sulfonamides is 3. The first-order chi connectivity index (χ1) is 40.3. The van der Waals surface area contributed by atoms with Gasteiger partial charge in [0.25, 0.3) is 47.8 Å². The number of nitrogens with zero attached hydrogens (tertiary/aromatic N) is 3. The maximum atomic E-state index is 13.5. The van der Waals surface area contributed by atoms with Gasteiger partial charge < -0.3 is 23.7 Å². The predicted molar refractivity (Wildman–Crippen MR) is 322 cm³/mol. The van der Waals surface area contributed by atoms with Crippen molar-refractivity contribution in [1.82, 2.24) is 0 Å². The topological polar surface area (TPSA) is 209 Å². The second kappa shape index (κ2) is 27.8. The molecule has 20 heteroatoms. The van der Waals surface area contributed by atoms with Crippen molar-refractivity contribution in [3.05, 3.63) is 258 Å². The zero-order valence-electron chi connectivity index (χ0n) is 46.7. The van der Waals surface area contributed by atoms with E-state index < -0.39 is 47.8 Å². The molecule has 9 rings (SSSR count). The van der Waals surface area contributed by atoms with Gasteiger partial charge in [0.05, 0.1) is 67.3 Å². The first-order valence-electron chi connectivity index (χ1n) is 25.5. The van der Waals surface area contributed by atoms with Crippen LogP contribution in [-0.2, 0) is 30.1 Å². The Bertz CT molecular complexity index is 4060. The van der Waals surface area contributed by atoms with E-state index in [4.69, 9.17) is 23.7 Å². The Morgan fingerprint density at radius 3 is 1.01 bits per heavy atom. The summed E-state index contributed by atoms with van der Waals surface area (Å²) in [5.74, 6) is 0.535. The molecule has 0 aliphatic rings. The molecule has 9 aromatic carbocycles. The van der Waals surface area contributed by atoms with Gasteiger partial charge in [-0.15, -0.1) is 0 Å². The van der Waals surface area contributed by atoms with Gasteiger partial charge in [-0.1, -0.05) is 84.9 Å². The molecule has 17 nitrogen and oxygen atoms in total. The Kier molecular flexibility index (Phi) is 20.5. The quantitative estimate of drug-likeness (QED) is 0.0831. The Hall–Kier alpha value is -9.76. The molecule has 0 unspecified atom stereocenters. The van der Waals surface area contributed by atoms with Crippen molar-refractivity contribution in [2.45, 2.75) is 28.5 Å². The lowest BCUT2D eigenvalue weighted by molar-refractivity contribution is 0.0997. The van der Waals surface area contributed by atoms with Crippen molar-refractivity contribution in [2.75, 3.05) is 48.5 Å². The minimum absolute atomic E-state index is 0.0416. The summed E-state index contributed by atoms with van der Waals surface area (Å²) in [4.78, 5) is 39.5. The van der Waals surface area contributed by atoms with Crippen LogP contribution in [0, 0.1) is 13.8 Å². The smallest absolute Gasteiger partial charge is 0.272 e. The van der Waals surface area contributed by atoms with Crippen LogP contribution in [0.4, 0.5) is 17.1 Å². The van der Waals surface area contributed by atoms with Crippen molar-refractivity contribution >= 4 is 64.9 Å². The summed E-state index contributed by atoms with van der Waals surface area (Å²) in [5.41, 5.74) is 2.81. The summed E-state index contributed by atoms with van der Waals surface area (Å²) >= 11 is 0. The van der Waals surface area contributed by atoms with E-state index in [-0.39, 0.29) is 48.4 Å². The monoisotopic (exact) mass is 1190 g/mol. The number of rotatable bonds is 17. The van der Waals surface area contributed by atoms with E-state index in [9.17, 15) is 39.6 Å². The Morgan fingerprint density at radius 2 is 0.655 bits per heavy atom. The third-order valence-electron chi connectivity index (χ3n) is 12.6. The molecular formula is C64H59N3O14S3. The summed E-state index contributed by atoms with van der Waals surface area (Å²) in [5, 5.41) is 0. The SMILES string of the molecule is COc1ccc(N(C(=O)c2ccccc2)S(=O)(=O)c2ccc(C)c(OC)c2)cc1.COc1ccc(N(C(=O)c2ccccc2)S(=O)(=O)c2cccc(OC)c2)cc1.COc1ccc(N(C(=O)c2ccccc2)S(=O)(=O)c2ccccc2C)cc1. The van der Waals surface area contributed by atoms with Crippen LogP contribution in [0.1, 0.15) is 42.2 Å². The van der Waals surface area contributed by atoms with Crippen LogP contribution in [0.2, 0.25) is 0 Å². The number of benzene rings is 9. The lowest BCUT2D eigenvalue weighted by Crippen LogP contribution is -2.37. The zero-order valence-corrected chi connectivity index (χ0v) is 49.2. The van der Waals surface area contributed by atoms with Crippen molar-refractivity contribution in [3.63, 3.8) is 0 Å². The van der Waals surface area contributed by atoms with Crippen LogP contribution < -0.4 is 36.6 Å². The highest BCUT2D eigenvalue weighted by Crippen LogP contribution is 2.33. The van der Waals surface area contributed by atoms with E-state index in [1.54, 1.807) is 183 Å². The third kappa shape index (κ3) is 14.3. The van der Waals surface area contributed by atoms with E-state index >= 15 is 0 Å². The molecule has 0 aromatic heterocycles. The number of anilines is 3. The first-order valence-corrected chi connectivity index (χ1v) is 29.8. The highest BCUT2D eigenvalue weighted by molar-refractivity contribution is 7.94. The average molecular weight is 1190 g/mol. The van der Waals surface area contributed by atoms with Gasteiger partial charge >= 0.3 is 0 Å². The van der Waals surface area contributed by atoms with Gasteiger partial charge in [0, 0.05) is 28.8 Å². The fourth-order valence-corrected chi connectivity index (χ4v) is 12.7. The number of methoxy groups -OCH3 is 5. The number of hydrogen-bond donors (Lipinski definition) is 0. The molecule has 0 fully saturated rings. The Morgan fingerprint density at radius 1 is 0.310 bits per heavy atom. The molecule has 432 valence electrons. The maximum absolute atomic E-state index is 13.5. The molecule has 0 N–H and O–H groups in total. The maximum Gasteiger partial charge on any atom is 0.272 e. The molecule has 9 aromatic rings. The minimum Gasteiger partial charge on any atom is -0.497 e. The van der Waals surface area contributed by atoms with Gasteiger partial charge in [-0.2, -0.15) is 12.9 Å². The lowest BCUT2D eigenvalue weighted by Gasteiger charge is -2.23. The molecular weight excluding hydrogens is 1130 g/mol. The first kappa shape index (κ1) is 61.9. The van der Waals surface area contributed by atoms with Crippen LogP contribution in [0.15, 0.2) is 245 Å². The highest BCUT2D eigenvalue weighted by Gasteiger charge is 2.35. The molecule has 0 aliphatic heterocycles. The van der Waals surface area contributed by atoms with Gasteiger partial charge in [-0.05, 0) is 158 Å². The molecule has 3 amide bonds. The van der Waals surface area contributed by atoms with Gasteiger partial charge in [-0.3, -0.25) is 14.4 Å². The second-order valence-corrected chi connectivity index (χ2v) is 23.3. The number of aryl methyl sites for hydroxylation is 2. The molecule has 0 saturated carbocycles. The van der Waals surface area contributed by atoms with Crippen molar-refractivity contribution < 1.29 is 63.3 Å². The van der Waals surface area contributed by atoms with Crippen molar-refractivity contribution in [2.24, 2.45) is 0 Å². The van der Waals surface area contributed by atoms with E-state index in [0.717, 1.165) is 18.5 Å². The van der Waals surface area contributed by atoms with Crippen molar-refractivity contribution in [1.29, 1.82) is 0 Å². The summed E-state index contributed by atoms with van der Waals surface area (Å²) in [6.07, 6.45) is 0. The number of amides is 3. The molecule has 0 bridgehead atoms. The van der Waals surface area contributed by atoms with Gasteiger partial charge in [0.1, 0.15) is 28.7 Å². The largest absolute Gasteiger partial charge is 0.497 e. The van der Waals surface area contributed by atoms with E-state index in [2.05, 4.69) is 0 Å². The van der Waals surface area contributed by atoms with E-state index in [1.807, 2.05) is 6.92 Å². The van der Waals surface area contributed by atoms with Crippen LogP contribution >= 0.6 is 0 Å². The molecule has 0 saturated heterocycles. The fraction of sp³-hybridized carbons (Fsp3) is 0.109. The normalized spacial score (nSPS) is 11.0. The van der Waals surface area contributed by atoms with E-state index in [1.165, 1.54) is 90.1 Å². The van der Waals surface area contributed by atoms with Crippen LogP contribution in [0.5, 0.6) is 28.7 Å². The van der Waals surface area contributed by atoms with Gasteiger partial charge in [0.15, 0.2) is 0 Å². The highest BCUT2D eigenvalue weighted by atomic mass is 32.2.